The van der Waals surface area contributed by atoms with E-state index >= 15 is 0 Å². The first-order valence-electron chi connectivity index (χ1n) is 8.60. The van der Waals surface area contributed by atoms with Crippen molar-refractivity contribution in [3.63, 3.8) is 0 Å². The molecule has 1 aromatic rings. The predicted octanol–water partition coefficient (Wildman–Crippen LogP) is 3.78. The Labute approximate surface area is 138 Å². The first-order valence-corrected chi connectivity index (χ1v) is 9.41. The van der Waals surface area contributed by atoms with Gasteiger partial charge in [0.2, 0.25) is 0 Å². The van der Waals surface area contributed by atoms with Crippen LogP contribution in [0.15, 0.2) is 4.99 Å². The fourth-order valence-electron chi connectivity index (χ4n) is 2.98. The van der Waals surface area contributed by atoms with Gasteiger partial charge < -0.3 is 10.6 Å². The van der Waals surface area contributed by atoms with Crippen molar-refractivity contribution >= 4 is 17.3 Å². The van der Waals surface area contributed by atoms with Gasteiger partial charge in [0.15, 0.2) is 5.96 Å². The van der Waals surface area contributed by atoms with Crippen LogP contribution < -0.4 is 10.6 Å². The average Bonchev–Trinajstić information content (AvgIpc) is 2.84. The highest BCUT2D eigenvalue weighted by Crippen LogP contribution is 2.26. The summed E-state index contributed by atoms with van der Waals surface area (Å²) in [4.78, 5) is 10.6. The van der Waals surface area contributed by atoms with E-state index in [1.165, 1.54) is 37.0 Å². The molecule has 1 saturated carbocycles. The molecule has 0 spiro atoms. The highest BCUT2D eigenvalue weighted by Gasteiger charge is 2.20. The SMILES string of the molecule is CCNC(=NCc1nc(C)c(C)s1)NC1CCC(CC)CC1. The highest BCUT2D eigenvalue weighted by atomic mass is 32.1. The van der Waals surface area contributed by atoms with Crippen molar-refractivity contribution in [2.24, 2.45) is 10.9 Å². The Kier molecular flexibility index (Phi) is 6.68. The summed E-state index contributed by atoms with van der Waals surface area (Å²) in [6.07, 6.45) is 6.54. The van der Waals surface area contributed by atoms with Gasteiger partial charge in [-0.05, 0) is 52.4 Å². The molecule has 1 aliphatic rings. The molecule has 1 heterocycles. The molecule has 4 nitrogen and oxygen atoms in total. The number of hydrogen-bond donors (Lipinski definition) is 2. The van der Waals surface area contributed by atoms with Crippen molar-refractivity contribution in [1.29, 1.82) is 0 Å². The van der Waals surface area contributed by atoms with Gasteiger partial charge in [-0.15, -0.1) is 11.3 Å². The molecule has 2 rings (SSSR count). The largest absolute Gasteiger partial charge is 0.357 e. The van der Waals surface area contributed by atoms with Gasteiger partial charge in [0.1, 0.15) is 5.01 Å². The normalized spacial score (nSPS) is 22.6. The number of aryl methyl sites for hydroxylation is 2. The van der Waals surface area contributed by atoms with Crippen LogP contribution in [-0.2, 0) is 6.54 Å². The van der Waals surface area contributed by atoms with Gasteiger partial charge in [-0.25, -0.2) is 9.98 Å². The van der Waals surface area contributed by atoms with E-state index in [4.69, 9.17) is 4.99 Å². The van der Waals surface area contributed by atoms with Crippen molar-refractivity contribution in [2.45, 2.75) is 72.4 Å². The monoisotopic (exact) mass is 322 g/mol. The molecule has 0 amide bonds. The van der Waals surface area contributed by atoms with Crippen molar-refractivity contribution in [1.82, 2.24) is 15.6 Å². The van der Waals surface area contributed by atoms with Crippen LogP contribution in [0.4, 0.5) is 0 Å². The van der Waals surface area contributed by atoms with Crippen molar-refractivity contribution in [3.8, 4) is 0 Å². The maximum Gasteiger partial charge on any atom is 0.191 e. The quantitative estimate of drug-likeness (QED) is 0.640. The van der Waals surface area contributed by atoms with Crippen LogP contribution in [-0.4, -0.2) is 23.5 Å². The van der Waals surface area contributed by atoms with E-state index in [0.717, 1.165) is 29.1 Å². The zero-order valence-corrected chi connectivity index (χ0v) is 15.2. The van der Waals surface area contributed by atoms with Crippen molar-refractivity contribution in [2.75, 3.05) is 6.54 Å². The third kappa shape index (κ3) is 4.97. The van der Waals surface area contributed by atoms with E-state index in [9.17, 15) is 0 Å². The molecule has 124 valence electrons. The standard InChI is InChI=1S/C17H30N4S/c1-5-14-7-9-15(10-8-14)21-17(18-6-2)19-11-16-20-12(3)13(4)22-16/h14-15H,5-11H2,1-4H3,(H2,18,19,21). The van der Waals surface area contributed by atoms with Crippen molar-refractivity contribution in [3.05, 3.63) is 15.6 Å². The highest BCUT2D eigenvalue weighted by molar-refractivity contribution is 7.11. The van der Waals surface area contributed by atoms with E-state index < -0.39 is 0 Å². The van der Waals surface area contributed by atoms with Gasteiger partial charge in [0.25, 0.3) is 0 Å². The number of aliphatic imine (C=N–C) groups is 1. The number of aromatic nitrogens is 1. The summed E-state index contributed by atoms with van der Waals surface area (Å²) in [7, 11) is 0. The first kappa shape index (κ1) is 17.3. The molecule has 0 aromatic carbocycles. The molecule has 0 atom stereocenters. The molecule has 5 heteroatoms. The number of hydrogen-bond acceptors (Lipinski definition) is 3. The van der Waals surface area contributed by atoms with Gasteiger partial charge in [-0.1, -0.05) is 13.3 Å². The molecule has 0 bridgehead atoms. The lowest BCUT2D eigenvalue weighted by atomic mass is 9.84. The topological polar surface area (TPSA) is 49.3 Å². The fourth-order valence-corrected chi connectivity index (χ4v) is 3.84. The summed E-state index contributed by atoms with van der Waals surface area (Å²) < 4.78 is 0. The molecular weight excluding hydrogens is 292 g/mol. The molecule has 2 N–H and O–H groups in total. The Morgan fingerprint density at radius 1 is 1.23 bits per heavy atom. The van der Waals surface area contributed by atoms with Crippen LogP contribution in [0.25, 0.3) is 0 Å². The number of thiazole rings is 1. The van der Waals surface area contributed by atoms with E-state index in [-0.39, 0.29) is 0 Å². The van der Waals surface area contributed by atoms with E-state index in [1.807, 2.05) is 0 Å². The molecular formula is C17H30N4S. The second-order valence-electron chi connectivity index (χ2n) is 6.21. The third-order valence-corrected chi connectivity index (χ3v) is 5.61. The number of guanidine groups is 1. The number of nitrogens with one attached hydrogen (secondary N) is 2. The zero-order valence-electron chi connectivity index (χ0n) is 14.4. The van der Waals surface area contributed by atoms with E-state index in [0.29, 0.717) is 12.6 Å². The van der Waals surface area contributed by atoms with Crippen molar-refractivity contribution < 1.29 is 0 Å². The molecule has 0 aliphatic heterocycles. The molecule has 0 radical (unpaired) electrons. The van der Waals surface area contributed by atoms with E-state index in [2.05, 4.69) is 43.3 Å². The fraction of sp³-hybridized carbons (Fsp3) is 0.765. The summed E-state index contributed by atoms with van der Waals surface area (Å²) in [6, 6.07) is 0.570. The molecule has 22 heavy (non-hydrogen) atoms. The van der Waals surface area contributed by atoms with Crippen LogP contribution in [0.3, 0.4) is 0 Å². The lowest BCUT2D eigenvalue weighted by Crippen LogP contribution is -2.44. The summed E-state index contributed by atoms with van der Waals surface area (Å²) in [5, 5.41) is 8.07. The molecule has 1 fully saturated rings. The summed E-state index contributed by atoms with van der Waals surface area (Å²) in [6.45, 7) is 10.2. The lowest BCUT2D eigenvalue weighted by Gasteiger charge is -2.29. The third-order valence-electron chi connectivity index (χ3n) is 4.55. The maximum atomic E-state index is 4.71. The minimum Gasteiger partial charge on any atom is -0.357 e. The maximum absolute atomic E-state index is 4.71. The van der Waals surface area contributed by atoms with Crippen LogP contribution in [0, 0.1) is 19.8 Å². The lowest BCUT2D eigenvalue weighted by molar-refractivity contribution is 0.304. The van der Waals surface area contributed by atoms with Gasteiger partial charge in [-0.3, -0.25) is 0 Å². The van der Waals surface area contributed by atoms with Crippen LogP contribution >= 0.6 is 11.3 Å². The number of rotatable bonds is 5. The second-order valence-corrected chi connectivity index (χ2v) is 7.50. The summed E-state index contributed by atoms with van der Waals surface area (Å²) >= 11 is 1.75. The molecule has 1 aliphatic carbocycles. The Hall–Kier alpha value is -1.10. The van der Waals surface area contributed by atoms with Gasteiger partial charge >= 0.3 is 0 Å². The predicted molar refractivity (Wildman–Crippen MR) is 95.6 cm³/mol. The minimum absolute atomic E-state index is 0.570. The Bertz CT molecular complexity index is 467. The first-order chi connectivity index (χ1) is 10.6. The van der Waals surface area contributed by atoms with Crippen LogP contribution in [0.1, 0.15) is 61.5 Å². The second kappa shape index (κ2) is 8.51. The Morgan fingerprint density at radius 2 is 1.95 bits per heavy atom. The zero-order chi connectivity index (χ0) is 15.9. The van der Waals surface area contributed by atoms with Gasteiger partial charge in [0.05, 0.1) is 12.2 Å². The summed E-state index contributed by atoms with van der Waals surface area (Å²) in [5.74, 6) is 1.87. The van der Waals surface area contributed by atoms with Crippen LogP contribution in [0.5, 0.6) is 0 Å². The van der Waals surface area contributed by atoms with Crippen LogP contribution in [0.2, 0.25) is 0 Å². The minimum atomic E-state index is 0.570. The molecule has 0 saturated heterocycles. The Morgan fingerprint density at radius 3 is 2.50 bits per heavy atom. The molecule has 1 aromatic heterocycles. The molecule has 0 unspecified atom stereocenters. The van der Waals surface area contributed by atoms with Gasteiger partial charge in [-0.2, -0.15) is 0 Å². The van der Waals surface area contributed by atoms with Gasteiger partial charge in [0, 0.05) is 17.5 Å². The summed E-state index contributed by atoms with van der Waals surface area (Å²) in [5.41, 5.74) is 1.13. The smallest absolute Gasteiger partial charge is 0.191 e. The average molecular weight is 323 g/mol. The number of nitrogens with zero attached hydrogens (tertiary/aromatic N) is 2. The Balaban J connectivity index is 1.90. The van der Waals surface area contributed by atoms with E-state index in [1.54, 1.807) is 11.3 Å².